The minimum absolute atomic E-state index is 0.178. The summed E-state index contributed by atoms with van der Waals surface area (Å²) in [5.74, 6) is -0.178. The van der Waals surface area contributed by atoms with E-state index in [4.69, 9.17) is 0 Å². The summed E-state index contributed by atoms with van der Waals surface area (Å²) in [4.78, 5) is 22.7. The first-order valence-corrected chi connectivity index (χ1v) is 14.8. The molecule has 7 heteroatoms. The number of hydrogen-bond acceptors (Lipinski definition) is 6. The summed E-state index contributed by atoms with van der Waals surface area (Å²) in [5.41, 5.74) is 6.92. The zero-order valence-corrected chi connectivity index (χ0v) is 23.8. The third-order valence-electron chi connectivity index (χ3n) is 7.23. The molecule has 0 saturated carbocycles. The van der Waals surface area contributed by atoms with Crippen LogP contribution in [0.25, 0.3) is 33.2 Å². The zero-order chi connectivity index (χ0) is 27.9. The van der Waals surface area contributed by atoms with Gasteiger partial charge in [0.1, 0.15) is 5.69 Å². The predicted octanol–water partition coefficient (Wildman–Crippen LogP) is 7.07. The number of ketones is 1. The minimum atomic E-state index is -3.37. The van der Waals surface area contributed by atoms with Crippen LogP contribution in [0.5, 0.6) is 0 Å². The lowest BCUT2D eigenvalue weighted by Gasteiger charge is -2.24. The molecule has 0 aliphatic heterocycles. The van der Waals surface area contributed by atoms with Crippen LogP contribution in [0.15, 0.2) is 96.2 Å². The van der Waals surface area contributed by atoms with Crippen LogP contribution < -0.4 is 0 Å². The Morgan fingerprint density at radius 1 is 0.846 bits per heavy atom. The van der Waals surface area contributed by atoms with Crippen LogP contribution >= 0.6 is 12.6 Å². The highest BCUT2D eigenvalue weighted by Crippen LogP contribution is 2.37. The second-order valence-electron chi connectivity index (χ2n) is 10.2. The molecule has 0 N–H and O–H groups in total. The van der Waals surface area contributed by atoms with Crippen molar-refractivity contribution in [1.29, 1.82) is 0 Å². The number of aryl methyl sites for hydroxylation is 1. The Kier molecular flexibility index (Phi) is 6.91. The van der Waals surface area contributed by atoms with Crippen molar-refractivity contribution in [2.75, 3.05) is 6.26 Å². The van der Waals surface area contributed by atoms with Gasteiger partial charge in [0.25, 0.3) is 0 Å². The normalized spacial score (nSPS) is 12.0. The van der Waals surface area contributed by atoms with E-state index < -0.39 is 14.6 Å². The summed E-state index contributed by atoms with van der Waals surface area (Å²) in [6, 6.07) is 24.7. The van der Waals surface area contributed by atoms with Crippen molar-refractivity contribution in [3.8, 4) is 22.3 Å². The predicted molar refractivity (Wildman–Crippen MR) is 160 cm³/mol. The van der Waals surface area contributed by atoms with Crippen molar-refractivity contribution < 1.29 is 13.2 Å². The van der Waals surface area contributed by atoms with E-state index >= 15 is 0 Å². The lowest BCUT2D eigenvalue weighted by atomic mass is 9.92. The molecule has 0 aliphatic rings. The Labute approximate surface area is 234 Å². The maximum atomic E-state index is 13.0. The number of fused-ring (bicyclic) bond motifs is 1. The molecule has 0 radical (unpaired) electrons. The van der Waals surface area contributed by atoms with Gasteiger partial charge < -0.3 is 0 Å². The maximum Gasteiger partial charge on any atom is 0.212 e. The Balaban J connectivity index is 1.55. The van der Waals surface area contributed by atoms with E-state index in [1.807, 2.05) is 73.7 Å². The molecular weight excluding hydrogens is 524 g/mol. The van der Waals surface area contributed by atoms with Gasteiger partial charge in [-0.3, -0.25) is 14.8 Å². The molecule has 39 heavy (non-hydrogen) atoms. The molecule has 0 bridgehead atoms. The number of hydrogen-bond donors (Lipinski definition) is 1. The number of aromatic nitrogens is 2. The van der Waals surface area contributed by atoms with Crippen molar-refractivity contribution in [3.05, 3.63) is 114 Å². The quantitative estimate of drug-likeness (QED) is 0.180. The summed E-state index contributed by atoms with van der Waals surface area (Å²) in [6.07, 6.45) is 4.69. The second-order valence-corrected chi connectivity index (χ2v) is 13.3. The highest BCUT2D eigenvalue weighted by Gasteiger charge is 2.33. The van der Waals surface area contributed by atoms with Gasteiger partial charge in [0, 0.05) is 45.6 Å². The van der Waals surface area contributed by atoms with E-state index in [9.17, 15) is 13.2 Å². The van der Waals surface area contributed by atoms with Gasteiger partial charge in [-0.25, -0.2) is 8.42 Å². The van der Waals surface area contributed by atoms with Gasteiger partial charge >= 0.3 is 0 Å². The van der Waals surface area contributed by atoms with Crippen LogP contribution in [0.4, 0.5) is 0 Å². The number of carbonyl (C=O) groups is 1. The molecule has 3 aromatic carbocycles. The fraction of sp³-hybridized carbons (Fsp3) is 0.156. The van der Waals surface area contributed by atoms with Crippen LogP contribution in [0.3, 0.4) is 0 Å². The summed E-state index contributed by atoms with van der Waals surface area (Å²) in [6.45, 7) is 5.40. The van der Waals surface area contributed by atoms with Crippen LogP contribution in [0.2, 0.25) is 0 Å². The molecule has 0 spiro atoms. The SMILES string of the molecule is Cc1ccc(C(=O)c2ccc(-c3cccc(-c4cc(C(C)(C)S(C)(=O)=O)cc5cccnc45)c3)cn2)c(S)c1. The van der Waals surface area contributed by atoms with E-state index in [-0.39, 0.29) is 5.78 Å². The summed E-state index contributed by atoms with van der Waals surface area (Å²) in [5, 5.41) is 0.872. The Morgan fingerprint density at radius 3 is 2.31 bits per heavy atom. The largest absolute Gasteiger partial charge is 0.287 e. The van der Waals surface area contributed by atoms with Gasteiger partial charge in [0.15, 0.2) is 9.84 Å². The summed E-state index contributed by atoms with van der Waals surface area (Å²) in [7, 11) is -3.37. The second kappa shape index (κ2) is 10.1. The minimum Gasteiger partial charge on any atom is -0.287 e. The standard InChI is InChI=1S/C32H28N2O3S2/c1-20-10-12-26(29(38)15-20)31(35)28-13-11-24(19-34-28)21-7-5-8-22(16-21)27-18-25(32(2,3)39(4,36)37)17-23-9-6-14-33-30(23)27/h5-19,38H,1-4H3. The molecule has 5 aromatic rings. The van der Waals surface area contributed by atoms with Crippen LogP contribution in [0.1, 0.15) is 41.0 Å². The number of sulfone groups is 1. The maximum absolute atomic E-state index is 13.0. The van der Waals surface area contributed by atoms with Gasteiger partial charge in [-0.2, -0.15) is 0 Å². The molecule has 5 nitrogen and oxygen atoms in total. The van der Waals surface area contributed by atoms with Crippen molar-refractivity contribution >= 4 is 39.2 Å². The molecule has 0 saturated heterocycles. The van der Waals surface area contributed by atoms with Crippen molar-refractivity contribution in [2.24, 2.45) is 0 Å². The smallest absolute Gasteiger partial charge is 0.212 e. The van der Waals surface area contributed by atoms with Crippen molar-refractivity contribution in [2.45, 2.75) is 30.4 Å². The zero-order valence-electron chi connectivity index (χ0n) is 22.1. The number of rotatable bonds is 6. The Morgan fingerprint density at radius 2 is 1.62 bits per heavy atom. The van der Waals surface area contributed by atoms with Gasteiger partial charge in [-0.05, 0) is 85.5 Å². The molecule has 196 valence electrons. The highest BCUT2D eigenvalue weighted by molar-refractivity contribution is 7.91. The number of pyridine rings is 2. The molecule has 0 unspecified atom stereocenters. The Hall–Kier alpha value is -3.81. The molecule has 5 rings (SSSR count). The first-order valence-electron chi connectivity index (χ1n) is 12.5. The third kappa shape index (κ3) is 5.12. The first-order chi connectivity index (χ1) is 18.5. The van der Waals surface area contributed by atoms with E-state index in [0.29, 0.717) is 21.7 Å². The van der Waals surface area contributed by atoms with Crippen LogP contribution in [0, 0.1) is 6.92 Å². The fourth-order valence-corrected chi connectivity index (χ4v) is 5.44. The fourth-order valence-electron chi connectivity index (χ4n) is 4.51. The van der Waals surface area contributed by atoms with Crippen LogP contribution in [-0.2, 0) is 14.6 Å². The lowest BCUT2D eigenvalue weighted by molar-refractivity contribution is 0.103. The van der Waals surface area contributed by atoms with Crippen molar-refractivity contribution in [3.63, 3.8) is 0 Å². The molecular formula is C32H28N2O3S2. The number of nitrogens with zero attached hydrogens (tertiary/aromatic N) is 2. The molecule has 2 heterocycles. The molecule has 0 amide bonds. The van der Waals surface area contributed by atoms with Gasteiger partial charge in [-0.15, -0.1) is 12.6 Å². The molecule has 2 aromatic heterocycles. The van der Waals surface area contributed by atoms with Gasteiger partial charge in [0.05, 0.1) is 10.3 Å². The first kappa shape index (κ1) is 26.8. The van der Waals surface area contributed by atoms with Gasteiger partial charge in [0.2, 0.25) is 5.78 Å². The number of thiol groups is 1. The van der Waals surface area contributed by atoms with Crippen molar-refractivity contribution in [1.82, 2.24) is 9.97 Å². The van der Waals surface area contributed by atoms with E-state index in [1.54, 1.807) is 38.4 Å². The lowest BCUT2D eigenvalue weighted by Crippen LogP contribution is -2.28. The topological polar surface area (TPSA) is 77.0 Å². The summed E-state index contributed by atoms with van der Waals surface area (Å²) < 4.78 is 24.2. The van der Waals surface area contributed by atoms with E-state index in [0.717, 1.165) is 38.7 Å². The van der Waals surface area contributed by atoms with Gasteiger partial charge in [-0.1, -0.05) is 36.4 Å². The Bertz CT molecular complexity index is 1840. The van der Waals surface area contributed by atoms with Crippen LogP contribution in [-0.4, -0.2) is 30.4 Å². The van der Waals surface area contributed by atoms with E-state index in [2.05, 4.69) is 22.6 Å². The number of carbonyl (C=O) groups excluding carboxylic acids is 1. The highest BCUT2D eigenvalue weighted by atomic mass is 32.2. The molecule has 0 aliphatic carbocycles. The average molecular weight is 553 g/mol. The molecule has 0 atom stereocenters. The monoisotopic (exact) mass is 552 g/mol. The molecule has 0 fully saturated rings. The summed E-state index contributed by atoms with van der Waals surface area (Å²) >= 11 is 4.46. The van der Waals surface area contributed by atoms with E-state index in [1.165, 1.54) is 6.26 Å². The number of benzene rings is 3. The average Bonchev–Trinajstić information content (AvgIpc) is 2.91. The third-order valence-corrected chi connectivity index (χ3v) is 9.69.